The van der Waals surface area contributed by atoms with E-state index in [0.29, 0.717) is 17.0 Å². The van der Waals surface area contributed by atoms with Crippen LogP contribution >= 0.6 is 0 Å². The van der Waals surface area contributed by atoms with Crippen molar-refractivity contribution in [1.82, 2.24) is 25.6 Å². The van der Waals surface area contributed by atoms with E-state index in [9.17, 15) is 9.90 Å². The van der Waals surface area contributed by atoms with Crippen molar-refractivity contribution in [3.63, 3.8) is 0 Å². The molecule has 0 saturated carbocycles. The summed E-state index contributed by atoms with van der Waals surface area (Å²) in [4.78, 5) is 15.1. The van der Waals surface area contributed by atoms with Gasteiger partial charge in [-0.15, -0.1) is 10.2 Å². The number of hydrogen-bond acceptors (Lipinski definition) is 4. The molecule has 0 unspecified atom stereocenters. The standard InChI is InChI=1S/C24H15N5O2/c30-24(31)20-3-1-2-17(22(20)19-11-10-16-12-13-25-21(16)14-19)7-4-15-5-8-18(9-6-15)23-26-28-29-27-23/h1-3,5-6,8-14,25H,(H,30,31)(H,26,27,28,29). The van der Waals surface area contributed by atoms with Gasteiger partial charge in [-0.05, 0) is 64.7 Å². The number of aromatic carboxylic acids is 1. The summed E-state index contributed by atoms with van der Waals surface area (Å²) in [5, 5.41) is 24.7. The van der Waals surface area contributed by atoms with E-state index in [1.807, 2.05) is 60.8 Å². The predicted octanol–water partition coefficient (Wildman–Crippen LogP) is 4.11. The van der Waals surface area contributed by atoms with Crippen molar-refractivity contribution in [3.8, 4) is 34.4 Å². The van der Waals surface area contributed by atoms with E-state index in [-0.39, 0.29) is 5.56 Å². The van der Waals surface area contributed by atoms with Gasteiger partial charge in [0.25, 0.3) is 0 Å². The van der Waals surface area contributed by atoms with Crippen LogP contribution < -0.4 is 0 Å². The quantitative estimate of drug-likeness (QED) is 0.392. The monoisotopic (exact) mass is 405 g/mol. The summed E-state index contributed by atoms with van der Waals surface area (Å²) in [5.74, 6) is 5.79. The molecule has 2 heterocycles. The Hall–Kier alpha value is -4.70. The highest BCUT2D eigenvalue weighted by molar-refractivity contribution is 5.99. The van der Waals surface area contributed by atoms with E-state index in [0.717, 1.165) is 27.6 Å². The number of nitrogens with one attached hydrogen (secondary N) is 2. The lowest BCUT2D eigenvalue weighted by Crippen LogP contribution is -2.01. The fourth-order valence-corrected chi connectivity index (χ4v) is 3.48. The van der Waals surface area contributed by atoms with Crippen molar-refractivity contribution in [2.75, 3.05) is 0 Å². The van der Waals surface area contributed by atoms with Gasteiger partial charge in [-0.1, -0.05) is 30.0 Å². The molecule has 0 bridgehead atoms. The van der Waals surface area contributed by atoms with Gasteiger partial charge in [0.1, 0.15) is 0 Å². The Bertz CT molecular complexity index is 1460. The lowest BCUT2D eigenvalue weighted by Gasteiger charge is -2.10. The molecule has 0 aliphatic rings. The first-order valence-corrected chi connectivity index (χ1v) is 9.49. The van der Waals surface area contributed by atoms with Gasteiger partial charge in [0.05, 0.1) is 5.56 Å². The first kappa shape index (κ1) is 18.3. The average molecular weight is 405 g/mol. The van der Waals surface area contributed by atoms with Crippen molar-refractivity contribution in [2.45, 2.75) is 0 Å². The second kappa shape index (κ2) is 7.61. The summed E-state index contributed by atoms with van der Waals surface area (Å²) in [6.07, 6.45) is 1.86. The third kappa shape index (κ3) is 3.54. The van der Waals surface area contributed by atoms with E-state index in [2.05, 4.69) is 37.4 Å². The molecule has 3 N–H and O–H groups in total. The van der Waals surface area contributed by atoms with Gasteiger partial charge >= 0.3 is 5.97 Å². The molecular weight excluding hydrogens is 390 g/mol. The number of H-pyrrole nitrogens is 2. The van der Waals surface area contributed by atoms with Crippen LogP contribution in [0, 0.1) is 11.8 Å². The van der Waals surface area contributed by atoms with Crippen LogP contribution in [0.5, 0.6) is 0 Å². The second-order valence-corrected chi connectivity index (χ2v) is 6.88. The molecule has 2 aromatic heterocycles. The molecule has 0 fully saturated rings. The van der Waals surface area contributed by atoms with Gasteiger partial charge in [0.2, 0.25) is 5.82 Å². The van der Waals surface area contributed by atoms with E-state index >= 15 is 0 Å². The molecule has 7 heteroatoms. The molecule has 7 nitrogen and oxygen atoms in total. The number of tetrazole rings is 1. The van der Waals surface area contributed by atoms with Gasteiger partial charge in [-0.25, -0.2) is 4.79 Å². The number of carboxylic acids is 1. The van der Waals surface area contributed by atoms with E-state index in [1.165, 1.54) is 0 Å². The molecule has 5 rings (SSSR count). The van der Waals surface area contributed by atoms with Gasteiger partial charge in [-0.2, -0.15) is 5.21 Å². The molecule has 0 aliphatic heterocycles. The first-order valence-electron chi connectivity index (χ1n) is 9.49. The van der Waals surface area contributed by atoms with Crippen LogP contribution in [0.3, 0.4) is 0 Å². The number of carboxylic acid groups (broad SMARTS) is 1. The van der Waals surface area contributed by atoms with E-state index in [1.54, 1.807) is 12.1 Å². The van der Waals surface area contributed by atoms with Crippen molar-refractivity contribution < 1.29 is 9.90 Å². The number of aromatic amines is 2. The SMILES string of the molecule is O=C(O)c1cccc(C#Cc2ccc(-c3nn[nH]n3)cc2)c1-c1ccc2cc[nH]c2c1. The topological polar surface area (TPSA) is 108 Å². The molecule has 0 atom stereocenters. The molecule has 148 valence electrons. The Morgan fingerprint density at radius 2 is 1.77 bits per heavy atom. The molecule has 0 aliphatic carbocycles. The first-order chi connectivity index (χ1) is 15.2. The Labute approximate surface area is 176 Å². The van der Waals surface area contributed by atoms with Gasteiger partial charge in [0.15, 0.2) is 0 Å². The molecule has 31 heavy (non-hydrogen) atoms. The molecular formula is C24H15N5O2. The summed E-state index contributed by atoms with van der Waals surface area (Å²) >= 11 is 0. The third-order valence-electron chi connectivity index (χ3n) is 4.97. The summed E-state index contributed by atoms with van der Waals surface area (Å²) in [7, 11) is 0. The maximum absolute atomic E-state index is 11.9. The molecule has 5 aromatic rings. The number of aromatic nitrogens is 5. The van der Waals surface area contributed by atoms with Crippen molar-refractivity contribution in [1.29, 1.82) is 0 Å². The van der Waals surface area contributed by atoms with E-state index in [4.69, 9.17) is 0 Å². The Kier molecular flexibility index (Phi) is 4.50. The van der Waals surface area contributed by atoms with Gasteiger partial charge in [0, 0.05) is 34.0 Å². The van der Waals surface area contributed by atoms with Crippen molar-refractivity contribution >= 4 is 16.9 Å². The number of rotatable bonds is 3. The van der Waals surface area contributed by atoms with Crippen molar-refractivity contribution in [2.24, 2.45) is 0 Å². The van der Waals surface area contributed by atoms with Crippen LogP contribution in [0.25, 0.3) is 33.4 Å². The van der Waals surface area contributed by atoms with Gasteiger partial charge < -0.3 is 10.1 Å². The molecule has 0 spiro atoms. The average Bonchev–Trinajstić information content (AvgIpc) is 3.49. The Morgan fingerprint density at radius 1 is 0.935 bits per heavy atom. The number of benzene rings is 3. The van der Waals surface area contributed by atoms with Crippen molar-refractivity contribution in [3.05, 3.63) is 89.6 Å². The zero-order chi connectivity index (χ0) is 21.2. The van der Waals surface area contributed by atoms with Crippen LogP contribution in [0.4, 0.5) is 0 Å². The summed E-state index contributed by atoms with van der Waals surface area (Å²) < 4.78 is 0. The minimum absolute atomic E-state index is 0.213. The van der Waals surface area contributed by atoms with Crippen LogP contribution in [0.2, 0.25) is 0 Å². The highest BCUT2D eigenvalue weighted by Gasteiger charge is 2.15. The largest absolute Gasteiger partial charge is 0.478 e. The molecule has 0 radical (unpaired) electrons. The number of hydrogen-bond donors (Lipinski definition) is 3. The zero-order valence-electron chi connectivity index (χ0n) is 16.1. The van der Waals surface area contributed by atoms with Crippen LogP contribution in [-0.4, -0.2) is 36.7 Å². The summed E-state index contributed by atoms with van der Waals surface area (Å²) in [6.45, 7) is 0. The highest BCUT2D eigenvalue weighted by Crippen LogP contribution is 2.30. The maximum Gasteiger partial charge on any atom is 0.336 e. The summed E-state index contributed by atoms with van der Waals surface area (Å²) in [5.41, 5.74) is 4.81. The van der Waals surface area contributed by atoms with Gasteiger partial charge in [-0.3, -0.25) is 0 Å². The summed E-state index contributed by atoms with van der Waals surface area (Å²) in [6, 6.07) is 20.4. The lowest BCUT2D eigenvalue weighted by molar-refractivity contribution is 0.0697. The molecule has 0 amide bonds. The predicted molar refractivity (Wildman–Crippen MR) is 116 cm³/mol. The smallest absolute Gasteiger partial charge is 0.336 e. The number of fused-ring (bicyclic) bond motifs is 1. The van der Waals surface area contributed by atoms with Crippen LogP contribution in [-0.2, 0) is 0 Å². The second-order valence-electron chi connectivity index (χ2n) is 6.88. The minimum atomic E-state index is -0.991. The van der Waals surface area contributed by atoms with Crippen LogP contribution in [0.15, 0.2) is 72.9 Å². The fourth-order valence-electron chi connectivity index (χ4n) is 3.48. The molecule has 0 saturated heterocycles. The number of nitrogens with zero attached hydrogens (tertiary/aromatic N) is 3. The number of carbonyl (C=O) groups is 1. The van der Waals surface area contributed by atoms with E-state index < -0.39 is 5.97 Å². The molecule has 3 aromatic carbocycles. The highest BCUT2D eigenvalue weighted by atomic mass is 16.4. The zero-order valence-corrected chi connectivity index (χ0v) is 16.1. The normalized spacial score (nSPS) is 10.6. The fraction of sp³-hybridized carbons (Fsp3) is 0. The Morgan fingerprint density at radius 3 is 2.55 bits per heavy atom. The third-order valence-corrected chi connectivity index (χ3v) is 4.97. The Balaban J connectivity index is 1.57. The lowest BCUT2D eigenvalue weighted by atomic mass is 9.93. The minimum Gasteiger partial charge on any atom is -0.478 e. The van der Waals surface area contributed by atoms with Crippen LogP contribution in [0.1, 0.15) is 21.5 Å². The maximum atomic E-state index is 11.9.